The number of aliphatic hydroxyl groups is 3. The Labute approximate surface area is 182 Å². The van der Waals surface area contributed by atoms with Crippen molar-refractivity contribution in [1.82, 2.24) is 4.90 Å². The molecule has 2 amide bonds. The van der Waals surface area contributed by atoms with Crippen molar-refractivity contribution < 1.29 is 39.6 Å². The highest BCUT2D eigenvalue weighted by molar-refractivity contribution is 6.22. The Morgan fingerprint density at radius 3 is 2.38 bits per heavy atom. The summed E-state index contributed by atoms with van der Waals surface area (Å²) < 4.78 is 0. The normalized spacial score (nSPS) is 27.0. The second-order valence-electron chi connectivity index (χ2n) is 8.59. The van der Waals surface area contributed by atoms with Crippen LogP contribution in [0.4, 0.5) is 0 Å². The third-order valence-electron chi connectivity index (χ3n) is 6.58. The van der Waals surface area contributed by atoms with Crippen LogP contribution in [-0.4, -0.2) is 68.4 Å². The van der Waals surface area contributed by atoms with E-state index in [0.29, 0.717) is 5.56 Å². The van der Waals surface area contributed by atoms with E-state index in [1.54, 1.807) is 14.1 Å². The second kappa shape index (κ2) is 6.92. The number of ketones is 2. The van der Waals surface area contributed by atoms with Gasteiger partial charge in [-0.25, -0.2) is 0 Å². The van der Waals surface area contributed by atoms with Crippen LogP contribution in [-0.2, 0) is 20.8 Å². The van der Waals surface area contributed by atoms with Crippen LogP contribution in [0.25, 0.3) is 5.76 Å². The number of nitrogens with two attached hydrogens (primary N) is 1. The van der Waals surface area contributed by atoms with E-state index in [1.165, 1.54) is 17.0 Å². The molecular formula is C22H22N2O8. The van der Waals surface area contributed by atoms with Crippen molar-refractivity contribution in [2.45, 2.75) is 24.9 Å². The van der Waals surface area contributed by atoms with Gasteiger partial charge in [-0.2, -0.15) is 0 Å². The maximum atomic E-state index is 13.4. The van der Waals surface area contributed by atoms with E-state index < -0.39 is 58.4 Å². The molecular weight excluding hydrogens is 420 g/mol. The molecule has 0 aromatic heterocycles. The van der Waals surface area contributed by atoms with Crippen LogP contribution in [0.15, 0.2) is 29.0 Å². The van der Waals surface area contributed by atoms with E-state index in [9.17, 15) is 39.6 Å². The molecule has 10 heteroatoms. The molecule has 3 aliphatic carbocycles. The molecule has 0 aliphatic heterocycles. The number of nitrogens with zero attached hydrogens (tertiary/aromatic N) is 1. The van der Waals surface area contributed by atoms with Crippen molar-refractivity contribution >= 4 is 29.1 Å². The quantitative estimate of drug-likeness (QED) is 0.401. The van der Waals surface area contributed by atoms with E-state index in [-0.39, 0.29) is 41.2 Å². The Balaban J connectivity index is 1.94. The van der Waals surface area contributed by atoms with Gasteiger partial charge in [-0.05, 0) is 36.5 Å². The van der Waals surface area contributed by atoms with Crippen molar-refractivity contribution in [3.05, 3.63) is 45.7 Å². The molecule has 6 N–H and O–H groups in total. The lowest BCUT2D eigenvalue weighted by atomic mass is 9.59. The third-order valence-corrected chi connectivity index (χ3v) is 6.58. The Kier molecular flexibility index (Phi) is 4.67. The van der Waals surface area contributed by atoms with Gasteiger partial charge in [-0.3, -0.25) is 19.2 Å². The lowest BCUT2D eigenvalue weighted by Crippen LogP contribution is -2.58. The zero-order valence-electron chi connectivity index (χ0n) is 17.4. The first-order chi connectivity index (χ1) is 14.9. The van der Waals surface area contributed by atoms with E-state index in [4.69, 9.17) is 5.73 Å². The summed E-state index contributed by atoms with van der Waals surface area (Å²) in [4.78, 5) is 51.3. The van der Waals surface area contributed by atoms with Gasteiger partial charge < -0.3 is 31.1 Å². The number of rotatable bonds is 2. The summed E-state index contributed by atoms with van der Waals surface area (Å²) in [5, 5.41) is 43.1. The molecule has 0 bridgehead atoms. The highest BCUT2D eigenvalue weighted by Gasteiger charge is 2.60. The predicted octanol–water partition coefficient (Wildman–Crippen LogP) is 0.126. The molecule has 1 aromatic rings. The number of phenols is 1. The number of phenolic OH excluding ortho intramolecular Hbond substituents is 1. The number of amides is 2. The van der Waals surface area contributed by atoms with Crippen LogP contribution in [0.2, 0.25) is 0 Å². The number of aromatic hydroxyl groups is 1. The first-order valence-electron chi connectivity index (χ1n) is 9.95. The number of benzene rings is 1. The smallest absolute Gasteiger partial charge is 0.255 e. The minimum atomic E-state index is -2.61. The molecule has 0 heterocycles. The first kappa shape index (κ1) is 21.6. The summed E-state index contributed by atoms with van der Waals surface area (Å²) in [7, 11) is 3.10. The molecule has 32 heavy (non-hydrogen) atoms. The van der Waals surface area contributed by atoms with E-state index in [0.717, 1.165) is 0 Å². The van der Waals surface area contributed by atoms with Gasteiger partial charge in [0, 0.05) is 37.6 Å². The SMILES string of the molecule is CN(C)C(=O)c1ccc(O)c2c1C[C@H]1C[C@H]3CC(=O)C(C(N)=O)=C(O)C3(O)C(=O)C1=C2O. The summed E-state index contributed by atoms with van der Waals surface area (Å²) in [5.74, 6) is -7.35. The van der Waals surface area contributed by atoms with Crippen LogP contribution in [0.5, 0.6) is 5.75 Å². The number of hydrogen-bond donors (Lipinski definition) is 5. The van der Waals surface area contributed by atoms with E-state index >= 15 is 0 Å². The van der Waals surface area contributed by atoms with Crippen molar-refractivity contribution in [1.29, 1.82) is 0 Å². The lowest BCUT2D eigenvalue weighted by Gasteiger charge is -2.46. The minimum absolute atomic E-state index is 0.00810. The number of carbonyl (C=O) groups excluding carboxylic acids is 4. The highest BCUT2D eigenvalue weighted by Crippen LogP contribution is 2.52. The molecule has 10 nitrogen and oxygen atoms in total. The van der Waals surface area contributed by atoms with Gasteiger partial charge in [-0.1, -0.05) is 0 Å². The van der Waals surface area contributed by atoms with E-state index in [2.05, 4.69) is 0 Å². The van der Waals surface area contributed by atoms with Crippen molar-refractivity contribution in [2.24, 2.45) is 17.6 Å². The molecule has 1 unspecified atom stereocenters. The number of fused-ring (bicyclic) bond motifs is 3. The summed E-state index contributed by atoms with van der Waals surface area (Å²) in [6.45, 7) is 0. The van der Waals surface area contributed by atoms with Gasteiger partial charge in [0.1, 0.15) is 22.8 Å². The molecule has 168 valence electrons. The predicted molar refractivity (Wildman–Crippen MR) is 109 cm³/mol. The summed E-state index contributed by atoms with van der Waals surface area (Å²) >= 11 is 0. The average Bonchev–Trinajstić information content (AvgIpc) is 2.70. The molecule has 0 radical (unpaired) electrons. The minimum Gasteiger partial charge on any atom is -0.508 e. The fourth-order valence-corrected chi connectivity index (χ4v) is 5.06. The zero-order chi connectivity index (χ0) is 23.7. The number of Topliss-reactive ketones (excluding diaryl/α,β-unsaturated/α-hetero) is 2. The lowest BCUT2D eigenvalue weighted by molar-refractivity contribution is -0.147. The van der Waals surface area contributed by atoms with Crippen molar-refractivity contribution in [3.63, 3.8) is 0 Å². The Morgan fingerprint density at radius 1 is 1.12 bits per heavy atom. The van der Waals surface area contributed by atoms with Gasteiger partial charge >= 0.3 is 0 Å². The highest BCUT2D eigenvalue weighted by atomic mass is 16.3. The van der Waals surface area contributed by atoms with Gasteiger partial charge in [0.15, 0.2) is 11.4 Å². The summed E-state index contributed by atoms with van der Waals surface area (Å²) in [6, 6.07) is 2.65. The van der Waals surface area contributed by atoms with Crippen molar-refractivity contribution in [2.75, 3.05) is 14.1 Å². The van der Waals surface area contributed by atoms with Crippen LogP contribution in [0.1, 0.15) is 34.3 Å². The molecule has 4 rings (SSSR count). The molecule has 3 atom stereocenters. The zero-order valence-corrected chi connectivity index (χ0v) is 17.4. The summed E-state index contributed by atoms with van der Waals surface area (Å²) in [5.41, 5.74) is 1.93. The monoisotopic (exact) mass is 442 g/mol. The Morgan fingerprint density at radius 2 is 1.78 bits per heavy atom. The molecule has 1 aromatic carbocycles. The van der Waals surface area contributed by atoms with Gasteiger partial charge in [0.2, 0.25) is 5.78 Å². The van der Waals surface area contributed by atoms with Crippen LogP contribution < -0.4 is 5.73 Å². The molecule has 1 fully saturated rings. The van der Waals surface area contributed by atoms with E-state index in [1.807, 2.05) is 0 Å². The average molecular weight is 442 g/mol. The maximum Gasteiger partial charge on any atom is 0.255 e. The second-order valence-corrected chi connectivity index (χ2v) is 8.59. The number of carbonyl (C=O) groups is 4. The fourth-order valence-electron chi connectivity index (χ4n) is 5.06. The van der Waals surface area contributed by atoms with Crippen molar-refractivity contribution in [3.8, 4) is 5.75 Å². The standard InChI is InChI=1S/C22H22N2O8/c1-24(2)21(31)10-3-4-12(25)15-11(10)6-8-5-9-7-13(26)16(20(23)30)19(29)22(9,32)18(28)14(8)17(15)27/h3-4,8-9,25,27,29,32H,5-7H2,1-2H3,(H2,23,30)/t8-,9+,22?/m1/s1. The Hall–Kier alpha value is -3.66. The van der Waals surface area contributed by atoms with Crippen LogP contribution >= 0.6 is 0 Å². The molecule has 0 spiro atoms. The number of primary amides is 1. The molecule has 1 saturated carbocycles. The molecule has 0 saturated heterocycles. The fraction of sp³-hybridized carbons (Fsp3) is 0.364. The van der Waals surface area contributed by atoms with Gasteiger partial charge in [0.25, 0.3) is 11.8 Å². The van der Waals surface area contributed by atoms with Crippen LogP contribution in [0.3, 0.4) is 0 Å². The maximum absolute atomic E-state index is 13.4. The van der Waals surface area contributed by atoms with Crippen LogP contribution in [0, 0.1) is 11.8 Å². The third kappa shape index (κ3) is 2.69. The van der Waals surface area contributed by atoms with Gasteiger partial charge in [-0.15, -0.1) is 0 Å². The Bertz CT molecular complexity index is 1180. The molecule has 3 aliphatic rings. The number of hydrogen-bond acceptors (Lipinski definition) is 8. The largest absolute Gasteiger partial charge is 0.508 e. The topological polar surface area (TPSA) is 178 Å². The summed E-state index contributed by atoms with van der Waals surface area (Å²) in [6.07, 6.45) is -0.308. The van der Waals surface area contributed by atoms with Gasteiger partial charge in [0.05, 0.1) is 5.56 Å². The first-order valence-corrected chi connectivity index (χ1v) is 9.95. The number of aliphatic hydroxyl groups excluding tert-OH is 2.